The lowest BCUT2D eigenvalue weighted by Crippen LogP contribution is -2.57. The Kier molecular flexibility index (Phi) is 5.17. The number of ketones is 1. The largest absolute Gasteiger partial charge is 0.481 e. The summed E-state index contributed by atoms with van der Waals surface area (Å²) in [4.78, 5) is 24.4. The van der Waals surface area contributed by atoms with Crippen LogP contribution < -0.4 is 0 Å². The number of aliphatic hydroxyl groups excluding tert-OH is 1. The van der Waals surface area contributed by atoms with E-state index in [1.807, 2.05) is 0 Å². The Balaban J connectivity index is 1.56. The van der Waals surface area contributed by atoms with Crippen LogP contribution in [-0.2, 0) is 9.59 Å². The van der Waals surface area contributed by atoms with Gasteiger partial charge in [0.15, 0.2) is 0 Å². The average Bonchev–Trinajstić information content (AvgIpc) is 2.98. The van der Waals surface area contributed by atoms with Crippen molar-refractivity contribution in [1.82, 2.24) is 0 Å². The van der Waals surface area contributed by atoms with E-state index >= 15 is 0 Å². The van der Waals surface area contributed by atoms with E-state index in [1.165, 1.54) is 6.42 Å². The Morgan fingerprint density at radius 1 is 1.11 bits per heavy atom. The molecular weight excluding hydrogens is 352 g/mol. The molecule has 0 aromatic rings. The van der Waals surface area contributed by atoms with Crippen molar-refractivity contribution in [3.05, 3.63) is 0 Å². The Morgan fingerprint density at radius 3 is 2.50 bits per heavy atom. The quantitative estimate of drug-likeness (QED) is 0.730. The van der Waals surface area contributed by atoms with Gasteiger partial charge >= 0.3 is 5.97 Å². The number of carboxylic acid groups (broad SMARTS) is 1. The van der Waals surface area contributed by atoms with Crippen LogP contribution in [-0.4, -0.2) is 28.1 Å². The fourth-order valence-electron chi connectivity index (χ4n) is 8.44. The molecule has 4 aliphatic rings. The summed E-state index contributed by atoms with van der Waals surface area (Å²) in [6.07, 6.45) is 8.81. The molecule has 2 unspecified atom stereocenters. The molecule has 0 spiro atoms. The molecule has 4 fully saturated rings. The number of fused-ring (bicyclic) bond motifs is 5. The van der Waals surface area contributed by atoms with Gasteiger partial charge in [-0.05, 0) is 91.8 Å². The van der Waals surface area contributed by atoms with E-state index in [9.17, 15) is 14.7 Å². The zero-order chi connectivity index (χ0) is 20.3. The topological polar surface area (TPSA) is 74.6 Å². The highest BCUT2D eigenvalue weighted by Gasteiger charge is 2.62. The van der Waals surface area contributed by atoms with Crippen molar-refractivity contribution in [1.29, 1.82) is 0 Å². The molecule has 4 saturated carbocycles. The second-order valence-corrected chi connectivity index (χ2v) is 11.2. The van der Waals surface area contributed by atoms with Gasteiger partial charge in [-0.15, -0.1) is 0 Å². The van der Waals surface area contributed by atoms with Crippen molar-refractivity contribution in [3.63, 3.8) is 0 Å². The van der Waals surface area contributed by atoms with Crippen LogP contribution >= 0.6 is 0 Å². The van der Waals surface area contributed by atoms with Gasteiger partial charge in [0.2, 0.25) is 0 Å². The molecule has 0 amide bonds. The summed E-state index contributed by atoms with van der Waals surface area (Å²) in [5, 5.41) is 19.3. The Morgan fingerprint density at radius 2 is 1.79 bits per heavy atom. The van der Waals surface area contributed by atoms with Crippen LogP contribution in [0.3, 0.4) is 0 Å². The molecule has 4 rings (SSSR count). The molecule has 0 radical (unpaired) electrons. The van der Waals surface area contributed by atoms with Gasteiger partial charge in [0.05, 0.1) is 6.10 Å². The third-order valence-corrected chi connectivity index (χ3v) is 10.0. The standard InChI is InChI=1S/C24H38O4/c1-14(4-7-21(27)28)17-5-6-18-22-19(9-11-24(17,18)3)23(2)10-8-16(25)12-15(23)13-20(22)26/h14-19,22,25H,4-13H2,1-3H3,(H,27,28)/t14-,15?,16?,17-,18+,19+,22+,23+,24-/m1/s1. The zero-order valence-electron chi connectivity index (χ0n) is 17.8. The summed E-state index contributed by atoms with van der Waals surface area (Å²) < 4.78 is 0. The van der Waals surface area contributed by atoms with Crippen LogP contribution in [0.5, 0.6) is 0 Å². The number of aliphatic hydroxyl groups is 1. The lowest BCUT2D eigenvalue weighted by molar-refractivity contribution is -0.160. The SMILES string of the molecule is C[C@H](CCC(=O)O)[C@H]1CC[C@H]2[C@@H]3C(=O)CC4CC(O)CC[C@]4(C)[C@H]3CC[C@]12C. The summed E-state index contributed by atoms with van der Waals surface area (Å²) in [6, 6.07) is 0. The number of carbonyl (C=O) groups is 2. The van der Waals surface area contributed by atoms with Crippen LogP contribution in [0.15, 0.2) is 0 Å². The molecule has 158 valence electrons. The minimum absolute atomic E-state index is 0.187. The summed E-state index contributed by atoms with van der Waals surface area (Å²) >= 11 is 0. The number of Topliss-reactive ketones (excluding diaryl/α,β-unsaturated/α-hetero) is 1. The lowest BCUT2D eigenvalue weighted by atomic mass is 9.44. The van der Waals surface area contributed by atoms with E-state index in [0.29, 0.717) is 41.8 Å². The zero-order valence-corrected chi connectivity index (χ0v) is 17.8. The maximum atomic E-state index is 13.3. The number of aliphatic carboxylic acids is 1. The van der Waals surface area contributed by atoms with Crippen molar-refractivity contribution < 1.29 is 19.8 Å². The highest BCUT2D eigenvalue weighted by atomic mass is 16.4. The van der Waals surface area contributed by atoms with Crippen LogP contribution in [0.2, 0.25) is 0 Å². The van der Waals surface area contributed by atoms with Gasteiger partial charge in [-0.1, -0.05) is 20.8 Å². The molecule has 28 heavy (non-hydrogen) atoms. The fourth-order valence-corrected chi connectivity index (χ4v) is 8.44. The number of hydrogen-bond donors (Lipinski definition) is 2. The van der Waals surface area contributed by atoms with Crippen LogP contribution in [0.25, 0.3) is 0 Å². The second kappa shape index (κ2) is 7.11. The third-order valence-electron chi connectivity index (χ3n) is 10.0. The molecule has 0 bridgehead atoms. The first-order valence-corrected chi connectivity index (χ1v) is 11.6. The normalized spacial score (nSPS) is 49.1. The van der Waals surface area contributed by atoms with E-state index in [2.05, 4.69) is 20.8 Å². The van der Waals surface area contributed by atoms with Gasteiger partial charge in [-0.2, -0.15) is 0 Å². The number of hydrogen-bond acceptors (Lipinski definition) is 3. The van der Waals surface area contributed by atoms with Crippen molar-refractivity contribution >= 4 is 11.8 Å². The van der Waals surface area contributed by atoms with E-state index in [1.54, 1.807) is 0 Å². The van der Waals surface area contributed by atoms with E-state index in [0.717, 1.165) is 44.9 Å². The van der Waals surface area contributed by atoms with Gasteiger partial charge < -0.3 is 10.2 Å². The lowest BCUT2D eigenvalue weighted by Gasteiger charge is -2.60. The molecule has 0 aliphatic heterocycles. The maximum absolute atomic E-state index is 13.3. The van der Waals surface area contributed by atoms with E-state index in [-0.39, 0.29) is 29.3 Å². The number of carbonyl (C=O) groups excluding carboxylic acids is 1. The minimum atomic E-state index is -0.698. The number of rotatable bonds is 4. The predicted molar refractivity (Wildman–Crippen MR) is 108 cm³/mol. The van der Waals surface area contributed by atoms with Gasteiger partial charge in [0.1, 0.15) is 5.78 Å². The highest BCUT2D eigenvalue weighted by Crippen LogP contribution is 2.67. The van der Waals surface area contributed by atoms with Crippen molar-refractivity contribution in [2.24, 2.45) is 46.3 Å². The van der Waals surface area contributed by atoms with Crippen molar-refractivity contribution in [2.45, 2.75) is 91.1 Å². The molecule has 9 atom stereocenters. The Hall–Kier alpha value is -0.900. The first-order chi connectivity index (χ1) is 13.2. The highest BCUT2D eigenvalue weighted by molar-refractivity contribution is 5.83. The Labute approximate surface area is 169 Å². The predicted octanol–water partition coefficient (Wildman–Crippen LogP) is 4.69. The fraction of sp³-hybridized carbons (Fsp3) is 0.917. The molecule has 4 nitrogen and oxygen atoms in total. The third kappa shape index (κ3) is 3.05. The number of carboxylic acids is 1. The minimum Gasteiger partial charge on any atom is -0.481 e. The second-order valence-electron chi connectivity index (χ2n) is 11.2. The first kappa shape index (κ1) is 20.4. The van der Waals surface area contributed by atoms with Gasteiger partial charge in [-0.3, -0.25) is 9.59 Å². The average molecular weight is 391 g/mol. The monoisotopic (exact) mass is 390 g/mol. The van der Waals surface area contributed by atoms with Crippen molar-refractivity contribution in [2.75, 3.05) is 0 Å². The van der Waals surface area contributed by atoms with Crippen LogP contribution in [0.1, 0.15) is 85.0 Å². The summed E-state index contributed by atoms with van der Waals surface area (Å²) in [5.41, 5.74) is 0.401. The van der Waals surface area contributed by atoms with Crippen LogP contribution in [0, 0.1) is 46.3 Å². The summed E-state index contributed by atoms with van der Waals surface area (Å²) in [5.74, 6) is 2.25. The molecule has 0 aromatic carbocycles. The van der Waals surface area contributed by atoms with E-state index < -0.39 is 5.97 Å². The molecule has 2 N–H and O–H groups in total. The molecule has 4 aliphatic carbocycles. The van der Waals surface area contributed by atoms with Gasteiger partial charge in [0.25, 0.3) is 0 Å². The Bertz CT molecular complexity index is 645. The van der Waals surface area contributed by atoms with Gasteiger partial charge in [0, 0.05) is 18.8 Å². The van der Waals surface area contributed by atoms with E-state index in [4.69, 9.17) is 5.11 Å². The molecule has 4 heteroatoms. The van der Waals surface area contributed by atoms with Crippen molar-refractivity contribution in [3.8, 4) is 0 Å². The molecule has 0 heterocycles. The molecule has 0 saturated heterocycles. The smallest absolute Gasteiger partial charge is 0.303 e. The van der Waals surface area contributed by atoms with Crippen LogP contribution in [0.4, 0.5) is 0 Å². The molecular formula is C24H38O4. The summed E-state index contributed by atoms with van der Waals surface area (Å²) in [6.45, 7) is 7.06. The van der Waals surface area contributed by atoms with Gasteiger partial charge in [-0.25, -0.2) is 0 Å². The maximum Gasteiger partial charge on any atom is 0.303 e. The molecule has 0 aromatic heterocycles. The first-order valence-electron chi connectivity index (χ1n) is 11.6. The summed E-state index contributed by atoms with van der Waals surface area (Å²) in [7, 11) is 0.